The van der Waals surface area contributed by atoms with Crippen LogP contribution in [0.15, 0.2) is 63.9 Å². The van der Waals surface area contributed by atoms with Gasteiger partial charge in [0.1, 0.15) is 5.75 Å². The highest BCUT2D eigenvalue weighted by Gasteiger charge is 2.12. The molecule has 2 rings (SSSR count). The summed E-state index contributed by atoms with van der Waals surface area (Å²) in [6.45, 7) is 1.67. The zero-order valence-electron chi connectivity index (χ0n) is 11.3. The summed E-state index contributed by atoms with van der Waals surface area (Å²) in [5.41, 5.74) is 1.18. The summed E-state index contributed by atoms with van der Waals surface area (Å²) in [5, 5.41) is 0. The third-order valence-corrected chi connectivity index (χ3v) is 4.19. The number of rotatable bonds is 4. The van der Waals surface area contributed by atoms with E-state index in [1.54, 1.807) is 56.5 Å². The number of methoxy groups -OCH3 is 1. The Morgan fingerprint density at radius 1 is 1.00 bits per heavy atom. The molecule has 0 saturated carbocycles. The normalized spacial score (nSPS) is 12.2. The minimum atomic E-state index is -3.67. The molecule has 0 fully saturated rings. The van der Waals surface area contributed by atoms with Crippen LogP contribution in [0.25, 0.3) is 0 Å². The van der Waals surface area contributed by atoms with Crippen LogP contribution in [-0.4, -0.2) is 21.2 Å². The molecule has 104 valence electrons. The summed E-state index contributed by atoms with van der Waals surface area (Å²) < 4.78 is 33.2. The fourth-order valence-electron chi connectivity index (χ4n) is 1.71. The van der Waals surface area contributed by atoms with Crippen molar-refractivity contribution in [2.75, 3.05) is 7.11 Å². The molecule has 2 aromatic carbocycles. The van der Waals surface area contributed by atoms with E-state index in [4.69, 9.17) is 4.74 Å². The van der Waals surface area contributed by atoms with Crippen molar-refractivity contribution in [2.24, 2.45) is 4.40 Å². The molecule has 0 N–H and O–H groups in total. The largest absolute Gasteiger partial charge is 0.497 e. The quantitative estimate of drug-likeness (QED) is 0.813. The molecule has 0 aliphatic carbocycles. The first-order chi connectivity index (χ1) is 9.53. The molecule has 4 nitrogen and oxygen atoms in total. The average Bonchev–Trinajstić information content (AvgIpc) is 2.48. The molecule has 0 radical (unpaired) electrons. The van der Waals surface area contributed by atoms with Crippen LogP contribution in [0.1, 0.15) is 12.5 Å². The topological polar surface area (TPSA) is 55.7 Å². The van der Waals surface area contributed by atoms with Crippen LogP contribution in [0.4, 0.5) is 0 Å². The number of nitrogens with zero attached hydrogens (tertiary/aromatic N) is 1. The molecule has 0 spiro atoms. The number of ether oxygens (including phenoxy) is 1. The van der Waals surface area contributed by atoms with Crippen LogP contribution in [0, 0.1) is 0 Å². The van der Waals surface area contributed by atoms with Gasteiger partial charge in [-0.2, -0.15) is 12.8 Å². The van der Waals surface area contributed by atoms with E-state index >= 15 is 0 Å². The highest BCUT2D eigenvalue weighted by atomic mass is 32.2. The lowest BCUT2D eigenvalue weighted by molar-refractivity contribution is 0.415. The number of sulfonamides is 1. The Morgan fingerprint density at radius 3 is 2.15 bits per heavy atom. The monoisotopic (exact) mass is 289 g/mol. The van der Waals surface area contributed by atoms with Gasteiger partial charge in [0.15, 0.2) is 0 Å². The van der Waals surface area contributed by atoms with Crippen molar-refractivity contribution in [1.29, 1.82) is 0 Å². The van der Waals surface area contributed by atoms with E-state index in [-0.39, 0.29) is 4.90 Å². The van der Waals surface area contributed by atoms with Gasteiger partial charge in [-0.25, -0.2) is 0 Å². The van der Waals surface area contributed by atoms with E-state index in [2.05, 4.69) is 4.40 Å². The zero-order chi connectivity index (χ0) is 14.6. The third-order valence-electron chi connectivity index (χ3n) is 2.81. The summed E-state index contributed by atoms with van der Waals surface area (Å²) in [4.78, 5) is 0.188. The Hall–Kier alpha value is -2.14. The maximum Gasteiger partial charge on any atom is 0.282 e. The van der Waals surface area contributed by atoms with Crippen molar-refractivity contribution < 1.29 is 13.2 Å². The molecule has 0 heterocycles. The van der Waals surface area contributed by atoms with Gasteiger partial charge < -0.3 is 4.74 Å². The van der Waals surface area contributed by atoms with E-state index in [0.29, 0.717) is 11.5 Å². The van der Waals surface area contributed by atoms with Gasteiger partial charge in [0.25, 0.3) is 10.0 Å². The summed E-state index contributed by atoms with van der Waals surface area (Å²) in [5.74, 6) is 0.715. The Balaban J connectivity index is 2.34. The predicted molar refractivity (Wildman–Crippen MR) is 78.8 cm³/mol. The fraction of sp³-hybridized carbons (Fsp3) is 0.133. The number of hydrogen-bond acceptors (Lipinski definition) is 3. The number of benzene rings is 2. The van der Waals surface area contributed by atoms with Crippen molar-refractivity contribution in [3.8, 4) is 5.75 Å². The molecule has 0 amide bonds. The first-order valence-electron chi connectivity index (χ1n) is 6.04. The summed E-state index contributed by atoms with van der Waals surface area (Å²) in [6.07, 6.45) is 0. The van der Waals surface area contributed by atoms with Crippen LogP contribution in [0.5, 0.6) is 5.75 Å². The lowest BCUT2D eigenvalue weighted by atomic mass is 10.1. The smallest absolute Gasteiger partial charge is 0.282 e. The van der Waals surface area contributed by atoms with E-state index in [0.717, 1.165) is 5.56 Å². The minimum absolute atomic E-state index is 0.188. The Morgan fingerprint density at radius 2 is 1.60 bits per heavy atom. The highest BCUT2D eigenvalue weighted by Crippen LogP contribution is 2.15. The SMILES string of the molecule is COc1ccc(/C(C)=N/S(=O)(=O)c2ccccc2)cc1. The molecule has 0 saturated heterocycles. The Labute approximate surface area is 118 Å². The molecule has 0 unspecified atom stereocenters. The number of hydrogen-bond donors (Lipinski definition) is 0. The highest BCUT2D eigenvalue weighted by molar-refractivity contribution is 7.90. The summed E-state index contributed by atoms with van der Waals surface area (Å²) in [6, 6.07) is 15.2. The summed E-state index contributed by atoms with van der Waals surface area (Å²) in [7, 11) is -2.09. The zero-order valence-corrected chi connectivity index (χ0v) is 12.1. The molecular weight excluding hydrogens is 274 g/mol. The van der Waals surface area contributed by atoms with Crippen LogP contribution < -0.4 is 4.74 Å². The van der Waals surface area contributed by atoms with Crippen molar-refractivity contribution >= 4 is 15.7 Å². The maximum absolute atomic E-state index is 12.1. The predicted octanol–water partition coefficient (Wildman–Crippen LogP) is 2.89. The molecule has 0 atom stereocenters. The van der Waals surface area contributed by atoms with Gasteiger partial charge in [0, 0.05) is 0 Å². The molecule has 0 aliphatic heterocycles. The molecule has 20 heavy (non-hydrogen) atoms. The van der Waals surface area contributed by atoms with Gasteiger partial charge in [-0.1, -0.05) is 18.2 Å². The lowest BCUT2D eigenvalue weighted by Crippen LogP contribution is -2.03. The first kappa shape index (κ1) is 14.3. The average molecular weight is 289 g/mol. The third kappa shape index (κ3) is 3.24. The van der Waals surface area contributed by atoms with Gasteiger partial charge in [0.05, 0.1) is 17.7 Å². The first-order valence-corrected chi connectivity index (χ1v) is 7.48. The second-order valence-corrected chi connectivity index (χ2v) is 5.80. The second-order valence-electron chi connectivity index (χ2n) is 4.19. The van der Waals surface area contributed by atoms with Gasteiger partial charge >= 0.3 is 0 Å². The molecule has 0 aromatic heterocycles. The maximum atomic E-state index is 12.1. The molecule has 0 aliphatic rings. The van der Waals surface area contributed by atoms with E-state index in [1.165, 1.54) is 12.1 Å². The van der Waals surface area contributed by atoms with Crippen LogP contribution in [-0.2, 0) is 10.0 Å². The second kappa shape index (κ2) is 5.88. The van der Waals surface area contributed by atoms with Gasteiger partial charge in [-0.15, -0.1) is 0 Å². The van der Waals surface area contributed by atoms with Crippen LogP contribution in [0.3, 0.4) is 0 Å². The minimum Gasteiger partial charge on any atom is -0.497 e. The Kier molecular flexibility index (Phi) is 4.20. The molecular formula is C15H15NO3S. The van der Waals surface area contributed by atoms with Gasteiger partial charge in [-0.05, 0) is 48.9 Å². The molecule has 2 aromatic rings. The van der Waals surface area contributed by atoms with Crippen LogP contribution >= 0.6 is 0 Å². The van der Waals surface area contributed by atoms with Crippen molar-refractivity contribution in [3.05, 3.63) is 60.2 Å². The Bertz CT molecular complexity index is 705. The fourth-order valence-corrected chi connectivity index (χ4v) is 2.78. The standard InChI is InChI=1S/C15H15NO3S/c1-12(13-8-10-14(19-2)11-9-13)16-20(17,18)15-6-4-3-5-7-15/h3-11H,1-2H3/b16-12+. The van der Waals surface area contributed by atoms with E-state index in [9.17, 15) is 8.42 Å². The van der Waals surface area contributed by atoms with E-state index < -0.39 is 10.0 Å². The van der Waals surface area contributed by atoms with Crippen molar-refractivity contribution in [3.63, 3.8) is 0 Å². The van der Waals surface area contributed by atoms with Gasteiger partial charge in [0.2, 0.25) is 0 Å². The summed E-state index contributed by atoms with van der Waals surface area (Å²) >= 11 is 0. The van der Waals surface area contributed by atoms with Crippen molar-refractivity contribution in [2.45, 2.75) is 11.8 Å². The molecule has 0 bridgehead atoms. The van der Waals surface area contributed by atoms with E-state index in [1.807, 2.05) is 0 Å². The van der Waals surface area contributed by atoms with Gasteiger partial charge in [-0.3, -0.25) is 0 Å². The molecule has 5 heteroatoms. The van der Waals surface area contributed by atoms with Crippen molar-refractivity contribution in [1.82, 2.24) is 0 Å². The lowest BCUT2D eigenvalue weighted by Gasteiger charge is -2.04. The van der Waals surface area contributed by atoms with Crippen LogP contribution in [0.2, 0.25) is 0 Å².